The first-order valence-corrected chi connectivity index (χ1v) is 9.68. The third-order valence-electron chi connectivity index (χ3n) is 4.96. The van der Waals surface area contributed by atoms with Gasteiger partial charge in [0.2, 0.25) is 5.82 Å². The quantitative estimate of drug-likeness (QED) is 0.665. The van der Waals surface area contributed by atoms with Crippen LogP contribution in [-0.2, 0) is 6.42 Å². The first kappa shape index (κ1) is 18.0. The van der Waals surface area contributed by atoms with Gasteiger partial charge in [0.1, 0.15) is 0 Å². The van der Waals surface area contributed by atoms with Gasteiger partial charge in [0.05, 0.1) is 0 Å². The van der Waals surface area contributed by atoms with E-state index in [0.717, 1.165) is 44.7 Å². The van der Waals surface area contributed by atoms with E-state index in [9.17, 15) is 0 Å². The molecule has 1 saturated heterocycles. The lowest BCUT2D eigenvalue weighted by atomic mass is 10.1. The number of rotatable bonds is 5. The van der Waals surface area contributed by atoms with Gasteiger partial charge in [0.25, 0.3) is 0 Å². The van der Waals surface area contributed by atoms with Crippen LogP contribution in [0.3, 0.4) is 0 Å². The molecule has 1 aliphatic heterocycles. The van der Waals surface area contributed by atoms with Gasteiger partial charge in [0, 0.05) is 43.3 Å². The van der Waals surface area contributed by atoms with Gasteiger partial charge in [-0.15, -0.1) is 0 Å². The smallest absolute Gasteiger partial charge is 0.322 e. The number of aryl methyl sites for hydroxylation is 1. The molecule has 0 N–H and O–H groups in total. The number of aromatic nitrogens is 2. The van der Waals surface area contributed by atoms with Crippen molar-refractivity contribution in [3.05, 3.63) is 64.7 Å². The Morgan fingerprint density at radius 1 is 1.04 bits per heavy atom. The second-order valence-corrected chi connectivity index (χ2v) is 7.41. The van der Waals surface area contributed by atoms with Crippen LogP contribution in [-0.4, -0.2) is 47.8 Å². The number of hydrogen-bond donors (Lipinski definition) is 0. The van der Waals surface area contributed by atoms with Crippen molar-refractivity contribution in [2.75, 3.05) is 37.6 Å². The number of nitrogens with zero attached hydrogens (tertiary/aromatic N) is 4. The van der Waals surface area contributed by atoms with E-state index in [1.165, 1.54) is 11.1 Å². The van der Waals surface area contributed by atoms with Crippen LogP contribution in [0.4, 0.5) is 6.01 Å². The number of hydrogen-bond acceptors (Lipinski definition) is 5. The fourth-order valence-electron chi connectivity index (χ4n) is 3.38. The Labute approximate surface area is 164 Å². The van der Waals surface area contributed by atoms with Gasteiger partial charge in [-0.1, -0.05) is 46.6 Å². The summed E-state index contributed by atoms with van der Waals surface area (Å²) in [6.07, 6.45) is 1.09. The Bertz CT molecular complexity index is 885. The number of halogens is 1. The molecule has 5 nitrogen and oxygen atoms in total. The summed E-state index contributed by atoms with van der Waals surface area (Å²) in [7, 11) is 0. The van der Waals surface area contributed by atoms with Gasteiger partial charge >= 0.3 is 6.01 Å². The first-order chi connectivity index (χ1) is 13.2. The monoisotopic (exact) mass is 382 g/mol. The van der Waals surface area contributed by atoms with Crippen molar-refractivity contribution in [2.45, 2.75) is 13.3 Å². The highest BCUT2D eigenvalue weighted by atomic mass is 35.5. The average molecular weight is 383 g/mol. The average Bonchev–Trinajstić information content (AvgIpc) is 3.18. The fourth-order valence-corrected chi connectivity index (χ4v) is 3.50. The standard InChI is InChI=1S/C21H23ClN4O/c1-16-3-2-4-17(15-16)9-10-25-11-13-26(14-12-25)21-23-20(24-27-21)18-5-7-19(22)8-6-18/h2-8,15H,9-14H2,1H3. The molecule has 0 amide bonds. The minimum Gasteiger partial charge on any atom is -0.322 e. The van der Waals surface area contributed by atoms with Gasteiger partial charge in [-0.2, -0.15) is 4.98 Å². The molecule has 0 bridgehead atoms. The van der Waals surface area contributed by atoms with Crippen LogP contribution >= 0.6 is 11.6 Å². The maximum atomic E-state index is 5.94. The normalized spacial score (nSPS) is 15.3. The molecular formula is C21H23ClN4O. The largest absolute Gasteiger partial charge is 0.324 e. The molecule has 140 valence electrons. The van der Waals surface area contributed by atoms with Crippen LogP contribution in [0.5, 0.6) is 0 Å². The Morgan fingerprint density at radius 2 is 1.81 bits per heavy atom. The summed E-state index contributed by atoms with van der Waals surface area (Å²) in [6, 6.07) is 16.8. The predicted molar refractivity (Wildman–Crippen MR) is 108 cm³/mol. The zero-order valence-corrected chi connectivity index (χ0v) is 16.2. The molecule has 4 rings (SSSR count). The van der Waals surface area contributed by atoms with Crippen molar-refractivity contribution < 1.29 is 4.52 Å². The maximum Gasteiger partial charge on any atom is 0.324 e. The van der Waals surface area contributed by atoms with Crippen LogP contribution in [0.1, 0.15) is 11.1 Å². The highest BCUT2D eigenvalue weighted by Crippen LogP contribution is 2.22. The van der Waals surface area contributed by atoms with Crippen LogP contribution < -0.4 is 4.90 Å². The molecule has 2 heterocycles. The second kappa shape index (κ2) is 8.11. The lowest BCUT2D eigenvalue weighted by Gasteiger charge is -2.33. The lowest BCUT2D eigenvalue weighted by molar-refractivity contribution is 0.253. The van der Waals surface area contributed by atoms with E-state index in [1.807, 2.05) is 24.3 Å². The Morgan fingerprint density at radius 3 is 2.56 bits per heavy atom. The minimum absolute atomic E-state index is 0.596. The predicted octanol–water partition coefficient (Wildman–Crippen LogP) is 4.06. The number of piperazine rings is 1. The summed E-state index contributed by atoms with van der Waals surface area (Å²) in [4.78, 5) is 9.21. The van der Waals surface area contributed by atoms with E-state index in [0.29, 0.717) is 16.9 Å². The lowest BCUT2D eigenvalue weighted by Crippen LogP contribution is -2.47. The molecule has 2 aromatic carbocycles. The van der Waals surface area contributed by atoms with Gasteiger partial charge in [-0.3, -0.25) is 4.90 Å². The summed E-state index contributed by atoms with van der Waals surface area (Å²) in [5, 5.41) is 4.81. The van der Waals surface area contributed by atoms with E-state index in [2.05, 4.69) is 51.1 Å². The van der Waals surface area contributed by atoms with Gasteiger partial charge in [0.15, 0.2) is 0 Å². The molecule has 1 aliphatic rings. The molecular weight excluding hydrogens is 360 g/mol. The number of anilines is 1. The Balaban J connectivity index is 1.31. The zero-order chi connectivity index (χ0) is 18.6. The van der Waals surface area contributed by atoms with Crippen LogP contribution in [0.25, 0.3) is 11.4 Å². The highest BCUT2D eigenvalue weighted by molar-refractivity contribution is 6.30. The van der Waals surface area contributed by atoms with E-state index in [-0.39, 0.29) is 0 Å². The van der Waals surface area contributed by atoms with E-state index >= 15 is 0 Å². The molecule has 0 aliphatic carbocycles. The van der Waals surface area contributed by atoms with E-state index in [4.69, 9.17) is 16.1 Å². The number of benzene rings is 2. The zero-order valence-electron chi connectivity index (χ0n) is 15.4. The van der Waals surface area contributed by atoms with Gasteiger partial charge in [-0.05, 0) is 43.2 Å². The third-order valence-corrected chi connectivity index (χ3v) is 5.21. The third kappa shape index (κ3) is 4.49. The summed E-state index contributed by atoms with van der Waals surface area (Å²) >= 11 is 5.94. The first-order valence-electron chi connectivity index (χ1n) is 9.30. The Hall–Kier alpha value is -2.37. The topological polar surface area (TPSA) is 45.4 Å². The van der Waals surface area contributed by atoms with Crippen molar-refractivity contribution in [1.29, 1.82) is 0 Å². The van der Waals surface area contributed by atoms with E-state index in [1.54, 1.807) is 0 Å². The molecule has 0 unspecified atom stereocenters. The molecule has 0 radical (unpaired) electrons. The molecule has 6 heteroatoms. The maximum absolute atomic E-state index is 5.94. The second-order valence-electron chi connectivity index (χ2n) is 6.98. The van der Waals surface area contributed by atoms with Crippen LogP contribution in [0.15, 0.2) is 53.1 Å². The SMILES string of the molecule is Cc1cccc(CCN2CCN(c3nc(-c4ccc(Cl)cc4)no3)CC2)c1. The van der Waals surface area contributed by atoms with Crippen molar-refractivity contribution in [2.24, 2.45) is 0 Å². The van der Waals surface area contributed by atoms with Crippen molar-refractivity contribution in [3.8, 4) is 11.4 Å². The molecule has 3 aromatic rings. The highest BCUT2D eigenvalue weighted by Gasteiger charge is 2.21. The minimum atomic E-state index is 0.596. The van der Waals surface area contributed by atoms with Crippen molar-refractivity contribution in [3.63, 3.8) is 0 Å². The van der Waals surface area contributed by atoms with Gasteiger partial charge < -0.3 is 9.42 Å². The molecule has 27 heavy (non-hydrogen) atoms. The van der Waals surface area contributed by atoms with Crippen LogP contribution in [0, 0.1) is 6.92 Å². The van der Waals surface area contributed by atoms with Crippen molar-refractivity contribution >= 4 is 17.6 Å². The van der Waals surface area contributed by atoms with E-state index < -0.39 is 0 Å². The fraction of sp³-hybridized carbons (Fsp3) is 0.333. The molecule has 0 saturated carbocycles. The molecule has 1 fully saturated rings. The molecule has 1 aromatic heterocycles. The molecule has 0 spiro atoms. The summed E-state index contributed by atoms with van der Waals surface area (Å²) < 4.78 is 5.48. The molecule has 0 atom stereocenters. The summed E-state index contributed by atoms with van der Waals surface area (Å²) in [5.74, 6) is 0.601. The van der Waals surface area contributed by atoms with Gasteiger partial charge in [-0.25, -0.2) is 0 Å². The Kier molecular flexibility index (Phi) is 5.41. The van der Waals surface area contributed by atoms with Crippen LogP contribution in [0.2, 0.25) is 5.02 Å². The summed E-state index contributed by atoms with van der Waals surface area (Å²) in [6.45, 7) is 7.03. The summed E-state index contributed by atoms with van der Waals surface area (Å²) in [5.41, 5.74) is 3.64. The van der Waals surface area contributed by atoms with Crippen molar-refractivity contribution in [1.82, 2.24) is 15.0 Å².